The third-order valence-electron chi connectivity index (χ3n) is 3.32. The van der Waals surface area contributed by atoms with Gasteiger partial charge in [0.2, 0.25) is 0 Å². The van der Waals surface area contributed by atoms with E-state index in [1.54, 1.807) is 4.68 Å². The maximum absolute atomic E-state index is 5.84. The highest BCUT2D eigenvalue weighted by molar-refractivity contribution is 5.96. The molecule has 0 unspecified atom stereocenters. The normalized spacial score (nSPS) is 11.3. The fourth-order valence-corrected chi connectivity index (χ4v) is 2.42. The van der Waals surface area contributed by atoms with Crippen LogP contribution in [-0.4, -0.2) is 14.8 Å². The molecule has 0 atom stereocenters. The van der Waals surface area contributed by atoms with E-state index in [9.17, 15) is 0 Å². The number of nitrogens with two attached hydrogens (primary N) is 1. The second-order valence-corrected chi connectivity index (χ2v) is 4.78. The average Bonchev–Trinajstić information content (AvgIpc) is 2.83. The van der Waals surface area contributed by atoms with Gasteiger partial charge in [0, 0.05) is 35.8 Å². The summed E-state index contributed by atoms with van der Waals surface area (Å²) >= 11 is 0. The van der Waals surface area contributed by atoms with E-state index in [4.69, 9.17) is 5.73 Å². The van der Waals surface area contributed by atoms with Gasteiger partial charge in [-0.3, -0.25) is 4.68 Å². The van der Waals surface area contributed by atoms with Crippen molar-refractivity contribution in [2.75, 3.05) is 5.73 Å². The van der Waals surface area contributed by atoms with Gasteiger partial charge in [-0.2, -0.15) is 5.10 Å². The highest BCUT2D eigenvalue weighted by Crippen LogP contribution is 2.31. The number of nitrogen functional groups attached to an aromatic ring is 1. The van der Waals surface area contributed by atoms with Crippen molar-refractivity contribution in [1.82, 2.24) is 14.8 Å². The van der Waals surface area contributed by atoms with Gasteiger partial charge in [0.05, 0.1) is 5.69 Å². The molecule has 0 radical (unpaired) electrons. The highest BCUT2D eigenvalue weighted by Gasteiger charge is 2.11. The van der Waals surface area contributed by atoms with E-state index >= 15 is 0 Å². The Labute approximate surface area is 105 Å². The van der Waals surface area contributed by atoms with Crippen LogP contribution in [0.2, 0.25) is 0 Å². The van der Waals surface area contributed by atoms with Gasteiger partial charge in [-0.1, -0.05) is 11.6 Å². The molecule has 0 bridgehead atoms. The number of aromatic nitrogens is 3. The SMILES string of the molecule is Cc1cc(C)c2[nH]cc(-c3cc(N)n(C)n3)c2c1. The molecule has 18 heavy (non-hydrogen) atoms. The van der Waals surface area contributed by atoms with Crippen molar-refractivity contribution < 1.29 is 0 Å². The molecule has 3 aromatic rings. The highest BCUT2D eigenvalue weighted by atomic mass is 15.3. The summed E-state index contributed by atoms with van der Waals surface area (Å²) in [5, 5.41) is 5.63. The summed E-state index contributed by atoms with van der Waals surface area (Å²) in [6.07, 6.45) is 2.00. The van der Waals surface area contributed by atoms with E-state index < -0.39 is 0 Å². The molecule has 1 aromatic carbocycles. The number of hydrogen-bond acceptors (Lipinski definition) is 2. The van der Waals surface area contributed by atoms with Crippen molar-refractivity contribution >= 4 is 16.7 Å². The number of aromatic amines is 1. The van der Waals surface area contributed by atoms with Gasteiger partial charge in [-0.15, -0.1) is 0 Å². The van der Waals surface area contributed by atoms with E-state index in [1.807, 2.05) is 19.3 Å². The summed E-state index contributed by atoms with van der Waals surface area (Å²) in [7, 11) is 1.85. The topological polar surface area (TPSA) is 59.6 Å². The Morgan fingerprint density at radius 1 is 1.22 bits per heavy atom. The van der Waals surface area contributed by atoms with Gasteiger partial charge in [-0.05, 0) is 25.5 Å². The second-order valence-electron chi connectivity index (χ2n) is 4.78. The number of anilines is 1. The first kappa shape index (κ1) is 10.9. The monoisotopic (exact) mass is 240 g/mol. The van der Waals surface area contributed by atoms with Crippen LogP contribution in [0.5, 0.6) is 0 Å². The lowest BCUT2D eigenvalue weighted by Crippen LogP contribution is -1.96. The molecule has 0 saturated heterocycles. The molecule has 3 N–H and O–H groups in total. The Morgan fingerprint density at radius 2 is 2.00 bits per heavy atom. The lowest BCUT2D eigenvalue weighted by molar-refractivity contribution is 0.782. The molecular weight excluding hydrogens is 224 g/mol. The molecule has 0 saturated carbocycles. The summed E-state index contributed by atoms with van der Waals surface area (Å²) < 4.78 is 1.69. The molecule has 4 nitrogen and oxygen atoms in total. The molecular formula is C14H16N4. The number of rotatable bonds is 1. The minimum atomic E-state index is 0.670. The minimum Gasteiger partial charge on any atom is -0.384 e. The summed E-state index contributed by atoms with van der Waals surface area (Å²) in [5.41, 5.74) is 11.5. The van der Waals surface area contributed by atoms with Gasteiger partial charge in [0.15, 0.2) is 0 Å². The lowest BCUT2D eigenvalue weighted by atomic mass is 10.0. The standard InChI is InChI=1S/C14H16N4/c1-8-4-9(2)14-10(5-8)11(7-16-14)12-6-13(15)18(3)17-12/h4-7,16H,15H2,1-3H3. The molecule has 92 valence electrons. The molecule has 0 aliphatic rings. The molecule has 0 amide bonds. The summed E-state index contributed by atoms with van der Waals surface area (Å²) in [6, 6.07) is 6.26. The second kappa shape index (κ2) is 3.63. The van der Waals surface area contributed by atoms with Crippen LogP contribution in [0.15, 0.2) is 24.4 Å². The van der Waals surface area contributed by atoms with Crippen LogP contribution in [0.4, 0.5) is 5.82 Å². The summed E-state index contributed by atoms with van der Waals surface area (Å²) in [6.45, 7) is 4.22. The van der Waals surface area contributed by atoms with Gasteiger partial charge in [0.25, 0.3) is 0 Å². The minimum absolute atomic E-state index is 0.670. The fourth-order valence-electron chi connectivity index (χ4n) is 2.42. The van der Waals surface area contributed by atoms with Crippen molar-refractivity contribution in [1.29, 1.82) is 0 Å². The Kier molecular flexibility index (Phi) is 2.20. The van der Waals surface area contributed by atoms with E-state index in [2.05, 4.69) is 36.1 Å². The largest absolute Gasteiger partial charge is 0.384 e. The predicted molar refractivity (Wildman–Crippen MR) is 74.4 cm³/mol. The van der Waals surface area contributed by atoms with Gasteiger partial charge in [0.1, 0.15) is 5.82 Å². The Bertz CT molecular complexity index is 714. The Morgan fingerprint density at radius 3 is 2.67 bits per heavy atom. The lowest BCUT2D eigenvalue weighted by Gasteiger charge is -2.00. The molecule has 4 heteroatoms. The smallest absolute Gasteiger partial charge is 0.121 e. The van der Waals surface area contributed by atoms with Crippen LogP contribution in [-0.2, 0) is 7.05 Å². The Hall–Kier alpha value is -2.23. The molecule has 0 fully saturated rings. The van der Waals surface area contributed by atoms with E-state index in [0.29, 0.717) is 5.82 Å². The number of hydrogen-bond donors (Lipinski definition) is 2. The zero-order valence-corrected chi connectivity index (χ0v) is 10.8. The maximum Gasteiger partial charge on any atom is 0.121 e. The van der Waals surface area contributed by atoms with Crippen LogP contribution < -0.4 is 5.73 Å². The predicted octanol–water partition coefficient (Wildman–Crippen LogP) is 2.77. The third kappa shape index (κ3) is 1.49. The van der Waals surface area contributed by atoms with E-state index in [0.717, 1.165) is 11.3 Å². The summed E-state index contributed by atoms with van der Waals surface area (Å²) in [5.74, 6) is 0.670. The average molecular weight is 240 g/mol. The van der Waals surface area contributed by atoms with Crippen molar-refractivity contribution in [2.45, 2.75) is 13.8 Å². The molecule has 2 heterocycles. The van der Waals surface area contributed by atoms with Crippen molar-refractivity contribution in [2.24, 2.45) is 7.05 Å². The number of nitrogens with zero attached hydrogens (tertiary/aromatic N) is 2. The van der Waals surface area contributed by atoms with Crippen LogP contribution >= 0.6 is 0 Å². The molecule has 2 aromatic heterocycles. The zero-order valence-electron chi connectivity index (χ0n) is 10.8. The van der Waals surface area contributed by atoms with Crippen molar-refractivity contribution in [3.63, 3.8) is 0 Å². The quantitative estimate of drug-likeness (QED) is 0.687. The van der Waals surface area contributed by atoms with Crippen molar-refractivity contribution in [3.8, 4) is 11.3 Å². The number of benzene rings is 1. The van der Waals surface area contributed by atoms with Gasteiger partial charge < -0.3 is 10.7 Å². The Balaban J connectivity index is 2.30. The number of fused-ring (bicyclic) bond motifs is 1. The van der Waals surface area contributed by atoms with Crippen LogP contribution in [0.1, 0.15) is 11.1 Å². The number of H-pyrrole nitrogens is 1. The number of aryl methyl sites for hydroxylation is 3. The van der Waals surface area contributed by atoms with Crippen LogP contribution in [0.3, 0.4) is 0 Å². The first-order valence-electron chi connectivity index (χ1n) is 5.94. The van der Waals surface area contributed by atoms with E-state index in [-0.39, 0.29) is 0 Å². The number of nitrogens with one attached hydrogen (secondary N) is 1. The zero-order chi connectivity index (χ0) is 12.9. The van der Waals surface area contributed by atoms with E-state index in [1.165, 1.54) is 22.0 Å². The first-order chi connectivity index (χ1) is 8.56. The summed E-state index contributed by atoms with van der Waals surface area (Å²) in [4.78, 5) is 3.32. The molecule has 0 aliphatic heterocycles. The van der Waals surface area contributed by atoms with Crippen LogP contribution in [0, 0.1) is 13.8 Å². The maximum atomic E-state index is 5.84. The molecule has 0 spiro atoms. The van der Waals surface area contributed by atoms with Gasteiger partial charge >= 0.3 is 0 Å². The first-order valence-corrected chi connectivity index (χ1v) is 5.94. The molecule has 3 rings (SSSR count). The molecule has 0 aliphatic carbocycles. The fraction of sp³-hybridized carbons (Fsp3) is 0.214. The van der Waals surface area contributed by atoms with Gasteiger partial charge in [-0.25, -0.2) is 0 Å². The van der Waals surface area contributed by atoms with Crippen molar-refractivity contribution in [3.05, 3.63) is 35.5 Å². The van der Waals surface area contributed by atoms with Crippen LogP contribution in [0.25, 0.3) is 22.2 Å². The third-order valence-corrected chi connectivity index (χ3v) is 3.32.